The molecular weight excluding hydrogens is 661 g/mol. The molecule has 0 spiro atoms. The van der Waals surface area contributed by atoms with Gasteiger partial charge in [-0.25, -0.2) is 0 Å². The van der Waals surface area contributed by atoms with E-state index in [4.69, 9.17) is 8.75 Å². The summed E-state index contributed by atoms with van der Waals surface area (Å²) >= 11 is 1.32. The molecule has 2 nitrogen and oxygen atoms in total. The van der Waals surface area contributed by atoms with Crippen LogP contribution in [0.3, 0.4) is 0 Å². The smallest absolute Gasteiger partial charge is 0.113 e. The predicted octanol–water partition coefficient (Wildman–Crippen LogP) is 14.4. The summed E-state index contributed by atoms with van der Waals surface area (Å²) in [7, 11) is 0. The Hall–Kier alpha value is -4.08. The molecule has 0 N–H and O–H groups in total. The van der Waals surface area contributed by atoms with E-state index in [2.05, 4.69) is 140 Å². The van der Waals surface area contributed by atoms with Gasteiger partial charge in [-0.2, -0.15) is 8.75 Å². The number of aryl methyl sites for hydroxylation is 2. The first-order chi connectivity index (χ1) is 25.5. The maximum absolute atomic E-state index is 4.92. The van der Waals surface area contributed by atoms with Gasteiger partial charge in [0.2, 0.25) is 0 Å². The second-order valence-electron chi connectivity index (χ2n) is 17.5. The molecule has 3 heteroatoms. The van der Waals surface area contributed by atoms with Gasteiger partial charge in [0, 0.05) is 22.0 Å². The van der Waals surface area contributed by atoms with Gasteiger partial charge in [0.25, 0.3) is 0 Å². The molecule has 0 saturated carbocycles. The maximum Gasteiger partial charge on any atom is 0.113 e. The summed E-state index contributed by atoms with van der Waals surface area (Å²) in [6, 6.07) is 33.2. The Morgan fingerprint density at radius 2 is 0.925 bits per heavy atom. The molecule has 6 aromatic rings. The first-order valence-corrected chi connectivity index (χ1v) is 21.1. The first kappa shape index (κ1) is 35.9. The van der Waals surface area contributed by atoms with Crippen LogP contribution >= 0.6 is 11.7 Å². The van der Waals surface area contributed by atoms with Crippen LogP contribution in [0.1, 0.15) is 127 Å². The van der Waals surface area contributed by atoms with E-state index < -0.39 is 0 Å². The van der Waals surface area contributed by atoms with Crippen molar-refractivity contribution in [2.24, 2.45) is 11.8 Å². The molecular formula is C50H56N2S. The zero-order chi connectivity index (χ0) is 37.1. The molecule has 5 aromatic carbocycles. The zero-order valence-corrected chi connectivity index (χ0v) is 34.0. The lowest BCUT2D eigenvalue weighted by Crippen LogP contribution is -2.15. The monoisotopic (exact) mass is 716 g/mol. The van der Waals surface area contributed by atoms with Crippen molar-refractivity contribution in [3.8, 4) is 44.5 Å². The quantitative estimate of drug-likeness (QED) is 0.126. The highest BCUT2D eigenvalue weighted by atomic mass is 32.1. The topological polar surface area (TPSA) is 25.8 Å². The maximum atomic E-state index is 4.92. The van der Waals surface area contributed by atoms with Crippen LogP contribution in [-0.2, 0) is 23.7 Å². The van der Waals surface area contributed by atoms with Crippen molar-refractivity contribution >= 4 is 22.8 Å². The van der Waals surface area contributed by atoms with Gasteiger partial charge >= 0.3 is 0 Å². The molecule has 8 rings (SSSR count). The van der Waals surface area contributed by atoms with E-state index in [0.29, 0.717) is 0 Å². The van der Waals surface area contributed by atoms with E-state index in [0.717, 1.165) is 46.8 Å². The second kappa shape index (κ2) is 14.0. The van der Waals surface area contributed by atoms with Gasteiger partial charge < -0.3 is 0 Å². The summed E-state index contributed by atoms with van der Waals surface area (Å²) in [4.78, 5) is 0. The van der Waals surface area contributed by atoms with Crippen LogP contribution in [0, 0.1) is 11.8 Å². The van der Waals surface area contributed by atoms with Gasteiger partial charge in [-0.1, -0.05) is 154 Å². The molecule has 272 valence electrons. The third kappa shape index (κ3) is 6.27. The summed E-state index contributed by atoms with van der Waals surface area (Å²) in [5.74, 6) is 1.54. The molecule has 2 aliphatic carbocycles. The standard InChI is InChI=1S/C50H56N2S/c1-9-11-12-32(4)14-16-34-18-22-40-42-24-20-36(30-46(42)50(7,8)44(40)28-34)38-26-25-37(47-48(38)52-53-51-47)35-19-23-41-39-21-17-33(15-13-31(3)10-2)27-43(39)49(5,6)45(41)29-35/h17-32H,9-16H2,1-8H3. The van der Waals surface area contributed by atoms with Gasteiger partial charge in [-0.15, -0.1) is 0 Å². The Morgan fingerprint density at radius 1 is 0.509 bits per heavy atom. The summed E-state index contributed by atoms with van der Waals surface area (Å²) in [5, 5.41) is 0. The van der Waals surface area contributed by atoms with Crippen LogP contribution in [0.25, 0.3) is 55.5 Å². The number of hydrogen-bond donors (Lipinski definition) is 0. The van der Waals surface area contributed by atoms with Crippen LogP contribution < -0.4 is 0 Å². The fraction of sp³-hybridized carbons (Fsp3) is 0.400. The van der Waals surface area contributed by atoms with Crippen LogP contribution in [0.5, 0.6) is 0 Å². The molecule has 0 aliphatic heterocycles. The van der Waals surface area contributed by atoms with Crippen LogP contribution in [0.2, 0.25) is 0 Å². The highest BCUT2D eigenvalue weighted by Crippen LogP contribution is 2.52. The normalized spacial score (nSPS) is 15.9. The molecule has 0 bridgehead atoms. The summed E-state index contributed by atoms with van der Waals surface area (Å²) in [6.07, 6.45) is 10.0. The largest absolute Gasteiger partial charge is 0.172 e. The highest BCUT2D eigenvalue weighted by Gasteiger charge is 2.37. The van der Waals surface area contributed by atoms with E-state index in [1.165, 1.54) is 117 Å². The Balaban J connectivity index is 1.09. The van der Waals surface area contributed by atoms with Gasteiger partial charge in [-0.05, 0) is 116 Å². The average molecular weight is 717 g/mol. The third-order valence-electron chi connectivity index (χ3n) is 13.1. The predicted molar refractivity (Wildman–Crippen MR) is 228 cm³/mol. The lowest BCUT2D eigenvalue weighted by Gasteiger charge is -2.23. The third-order valence-corrected chi connectivity index (χ3v) is 13.6. The van der Waals surface area contributed by atoms with Gasteiger partial charge in [0.05, 0.1) is 11.7 Å². The van der Waals surface area contributed by atoms with Gasteiger partial charge in [-0.3, -0.25) is 0 Å². The number of hydrogen-bond acceptors (Lipinski definition) is 3. The number of nitrogens with zero attached hydrogens (tertiary/aromatic N) is 2. The van der Waals surface area contributed by atoms with Crippen molar-refractivity contribution in [2.75, 3.05) is 0 Å². The summed E-state index contributed by atoms with van der Waals surface area (Å²) < 4.78 is 9.85. The molecule has 1 heterocycles. The van der Waals surface area contributed by atoms with E-state index in [-0.39, 0.29) is 10.8 Å². The van der Waals surface area contributed by atoms with E-state index >= 15 is 0 Å². The number of fused-ring (bicyclic) bond motifs is 7. The zero-order valence-electron chi connectivity index (χ0n) is 33.2. The Morgan fingerprint density at radius 3 is 1.38 bits per heavy atom. The Labute approximate surface area is 322 Å². The summed E-state index contributed by atoms with van der Waals surface area (Å²) in [6.45, 7) is 19.0. The molecule has 0 amide bonds. The van der Waals surface area contributed by atoms with E-state index in [9.17, 15) is 0 Å². The Kier molecular flexibility index (Phi) is 9.46. The highest BCUT2D eigenvalue weighted by molar-refractivity contribution is 7.00. The molecule has 1 aromatic heterocycles. The minimum atomic E-state index is -0.0621. The SMILES string of the molecule is CCCCC(C)CCc1ccc2c(c1)C(C)(C)c1cc(-c3ccc(-c4ccc5c(c4)C(C)(C)c4cc(CCC(C)CC)ccc4-5)c4nsnc34)ccc1-2. The minimum absolute atomic E-state index is 0.0605. The molecule has 2 aliphatic rings. The van der Waals surface area contributed by atoms with E-state index in [1.54, 1.807) is 0 Å². The van der Waals surface area contributed by atoms with Crippen molar-refractivity contribution in [1.29, 1.82) is 0 Å². The van der Waals surface area contributed by atoms with Crippen LogP contribution in [-0.4, -0.2) is 8.75 Å². The van der Waals surface area contributed by atoms with E-state index in [1.807, 2.05) is 0 Å². The van der Waals surface area contributed by atoms with Gasteiger partial charge in [0.15, 0.2) is 0 Å². The van der Waals surface area contributed by atoms with Crippen LogP contribution in [0.15, 0.2) is 84.9 Å². The fourth-order valence-electron chi connectivity index (χ4n) is 9.28. The van der Waals surface area contributed by atoms with Crippen LogP contribution in [0.4, 0.5) is 0 Å². The molecule has 0 radical (unpaired) electrons. The number of benzene rings is 5. The van der Waals surface area contributed by atoms with Crippen molar-refractivity contribution in [2.45, 2.75) is 118 Å². The fourth-order valence-corrected chi connectivity index (χ4v) is 9.85. The first-order valence-electron chi connectivity index (χ1n) is 20.3. The molecule has 53 heavy (non-hydrogen) atoms. The molecule has 2 unspecified atom stereocenters. The van der Waals surface area contributed by atoms with Crippen molar-refractivity contribution in [3.05, 3.63) is 118 Å². The lowest BCUT2D eigenvalue weighted by molar-refractivity contribution is 0.472. The minimum Gasteiger partial charge on any atom is -0.172 e. The van der Waals surface area contributed by atoms with Gasteiger partial charge in [0.1, 0.15) is 11.0 Å². The van der Waals surface area contributed by atoms with Crippen molar-refractivity contribution in [3.63, 3.8) is 0 Å². The molecule has 2 atom stereocenters. The second-order valence-corrected chi connectivity index (χ2v) is 18.0. The number of rotatable bonds is 12. The van der Waals surface area contributed by atoms with Crippen molar-refractivity contribution < 1.29 is 0 Å². The number of unbranched alkanes of at least 4 members (excludes halogenated alkanes) is 1. The molecule has 0 fully saturated rings. The average Bonchev–Trinajstić information content (AvgIpc) is 3.81. The number of aromatic nitrogens is 2. The lowest BCUT2D eigenvalue weighted by atomic mass is 9.80. The summed E-state index contributed by atoms with van der Waals surface area (Å²) in [5.41, 5.74) is 20.8. The Bertz CT molecular complexity index is 2320. The molecule has 0 saturated heterocycles. The van der Waals surface area contributed by atoms with Crippen molar-refractivity contribution in [1.82, 2.24) is 8.75 Å².